The zero-order valence-electron chi connectivity index (χ0n) is 34.1. The van der Waals surface area contributed by atoms with Gasteiger partial charge in [-0.2, -0.15) is 0 Å². The smallest absolute Gasteiger partial charge is 0.132 e. The van der Waals surface area contributed by atoms with Gasteiger partial charge in [0, 0.05) is 41.0 Å². The molecule has 8 aromatic rings. The van der Waals surface area contributed by atoms with Crippen molar-refractivity contribution in [2.24, 2.45) is 0 Å². The lowest BCUT2D eigenvalue weighted by atomic mass is 9.65. The molecule has 0 radical (unpaired) electrons. The van der Waals surface area contributed by atoms with Gasteiger partial charge in [0.25, 0.3) is 0 Å². The van der Waals surface area contributed by atoms with Crippen LogP contribution in [-0.4, -0.2) is 12.4 Å². The molecule has 2 aliphatic heterocycles. The predicted molar refractivity (Wildman–Crippen MR) is 252 cm³/mol. The molecule has 4 N–H and O–H groups in total. The van der Waals surface area contributed by atoms with E-state index in [4.69, 9.17) is 10.1 Å². The average molecular weight is 801 g/mol. The van der Waals surface area contributed by atoms with E-state index in [0.717, 1.165) is 73.7 Å². The second-order valence-electron chi connectivity index (χ2n) is 16.1. The molecule has 5 nitrogen and oxygen atoms in total. The Bertz CT molecular complexity index is 2980. The largest absolute Gasteiger partial charge is 0.457 e. The van der Waals surface area contributed by atoms with Gasteiger partial charge in [-0.3, -0.25) is 10.7 Å². The van der Waals surface area contributed by atoms with E-state index in [-0.39, 0.29) is 6.17 Å². The Morgan fingerprint density at radius 1 is 0.565 bits per heavy atom. The van der Waals surface area contributed by atoms with E-state index >= 15 is 0 Å². The molecule has 0 bridgehead atoms. The monoisotopic (exact) mass is 800 g/mol. The third-order valence-corrected chi connectivity index (χ3v) is 12.5. The molecular formula is C57H44N4O. The molecule has 0 saturated carbocycles. The van der Waals surface area contributed by atoms with Crippen molar-refractivity contribution in [3.05, 3.63) is 257 Å². The number of allylic oxidation sites excluding steroid dienone is 2. The Kier molecular flexibility index (Phi) is 9.44. The molecule has 0 amide bonds. The summed E-state index contributed by atoms with van der Waals surface area (Å²) in [6, 6.07) is 70.5. The van der Waals surface area contributed by atoms with E-state index in [0.29, 0.717) is 12.4 Å². The van der Waals surface area contributed by atoms with Crippen LogP contribution in [0.5, 0.6) is 11.5 Å². The first-order valence-corrected chi connectivity index (χ1v) is 21.3. The topological polar surface area (TPSA) is 69.2 Å². The van der Waals surface area contributed by atoms with Crippen molar-refractivity contribution in [3.8, 4) is 44.9 Å². The summed E-state index contributed by atoms with van der Waals surface area (Å²) in [5.41, 5.74) is 16.7. The van der Waals surface area contributed by atoms with Gasteiger partial charge in [-0.05, 0) is 79.9 Å². The molecule has 1 aliphatic carbocycles. The fourth-order valence-electron chi connectivity index (χ4n) is 9.54. The Morgan fingerprint density at radius 2 is 1.13 bits per heavy atom. The molecule has 298 valence electrons. The minimum atomic E-state index is -0.523. The highest BCUT2D eigenvalue weighted by atomic mass is 16.5. The highest BCUT2D eigenvalue weighted by Crippen LogP contribution is 2.61. The van der Waals surface area contributed by atoms with Crippen molar-refractivity contribution in [1.82, 2.24) is 16.0 Å². The number of ether oxygens (including phenoxy) is 1. The normalized spacial score (nSPS) is 14.5. The Hall–Kier alpha value is -7.73. The summed E-state index contributed by atoms with van der Waals surface area (Å²) < 4.78 is 6.57. The summed E-state index contributed by atoms with van der Waals surface area (Å²) in [5, 5.41) is 20.0. The molecule has 8 aromatic carbocycles. The molecule has 5 heteroatoms. The van der Waals surface area contributed by atoms with Crippen molar-refractivity contribution in [3.63, 3.8) is 0 Å². The van der Waals surface area contributed by atoms with Crippen LogP contribution in [0.25, 0.3) is 39.1 Å². The van der Waals surface area contributed by atoms with E-state index in [1.807, 2.05) is 36.4 Å². The van der Waals surface area contributed by atoms with Crippen LogP contribution >= 0.6 is 0 Å². The Labute approximate surface area is 362 Å². The van der Waals surface area contributed by atoms with Crippen molar-refractivity contribution in [1.29, 1.82) is 5.41 Å². The first-order chi connectivity index (χ1) is 30.6. The predicted octanol–water partition coefficient (Wildman–Crippen LogP) is 12.4. The highest BCUT2D eigenvalue weighted by molar-refractivity contribution is 5.97. The van der Waals surface area contributed by atoms with Crippen LogP contribution in [-0.2, 0) is 12.0 Å². The van der Waals surface area contributed by atoms with Crippen molar-refractivity contribution < 1.29 is 4.74 Å². The van der Waals surface area contributed by atoms with Crippen LogP contribution in [0.15, 0.2) is 218 Å². The summed E-state index contributed by atoms with van der Waals surface area (Å²) in [6.07, 6.45) is 4.26. The van der Waals surface area contributed by atoms with Crippen molar-refractivity contribution >= 4 is 11.5 Å². The molecule has 1 atom stereocenters. The number of dihydropyridines is 1. The lowest BCUT2D eigenvalue weighted by Crippen LogP contribution is -2.37. The highest BCUT2D eigenvalue weighted by Gasteiger charge is 2.52. The lowest BCUT2D eigenvalue weighted by molar-refractivity contribution is 0.435. The zero-order chi connectivity index (χ0) is 41.5. The minimum absolute atomic E-state index is 0.292. The number of para-hydroxylation sites is 2. The third kappa shape index (κ3) is 6.51. The second-order valence-corrected chi connectivity index (χ2v) is 16.1. The molecule has 2 heterocycles. The first-order valence-electron chi connectivity index (χ1n) is 21.3. The number of nitrogens with one attached hydrogen (secondary N) is 4. The van der Waals surface area contributed by atoms with Crippen LogP contribution in [0.1, 0.15) is 45.1 Å². The standard InChI is InChI=1S/C57H44N4O/c58-55(42-28-24-40(25-29-42)39-15-5-2-6-16-39)61-56(60-37-38-13-3-1-4-14-38)43-30-26-41(27-31-43)44-17-11-18-45(35-44)46-32-33-47-51(36-46)57(50-21-12-34-59-54(47)50)48-19-7-9-22-52(48)62-53-23-10-8-20-49(53)57/h1-33,35-36,56,59-60H,34,37H2,(H2,58,61). The fourth-order valence-corrected chi connectivity index (χ4v) is 9.54. The number of benzene rings is 8. The fraction of sp³-hybridized carbons (Fsp3) is 0.0702. The maximum absolute atomic E-state index is 9.11. The van der Waals surface area contributed by atoms with Gasteiger partial charge in [0.2, 0.25) is 0 Å². The Morgan fingerprint density at radius 3 is 1.85 bits per heavy atom. The first kappa shape index (κ1) is 37.3. The van der Waals surface area contributed by atoms with E-state index in [1.165, 1.54) is 28.0 Å². The van der Waals surface area contributed by atoms with Crippen LogP contribution in [0.3, 0.4) is 0 Å². The summed E-state index contributed by atoms with van der Waals surface area (Å²) >= 11 is 0. The summed E-state index contributed by atoms with van der Waals surface area (Å²) in [5.74, 6) is 2.14. The number of hydrogen-bond donors (Lipinski definition) is 4. The maximum atomic E-state index is 9.11. The quantitative estimate of drug-likeness (QED) is 0.0667. The van der Waals surface area contributed by atoms with Gasteiger partial charge in [-0.15, -0.1) is 0 Å². The van der Waals surface area contributed by atoms with E-state index in [9.17, 15) is 0 Å². The van der Waals surface area contributed by atoms with Gasteiger partial charge in [0.05, 0.1) is 5.41 Å². The molecular weight excluding hydrogens is 757 g/mol. The van der Waals surface area contributed by atoms with Crippen molar-refractivity contribution in [2.45, 2.75) is 18.1 Å². The molecule has 1 spiro atoms. The number of fused-ring (bicyclic) bond motifs is 8. The van der Waals surface area contributed by atoms with Crippen LogP contribution in [0.4, 0.5) is 0 Å². The molecule has 3 aliphatic rings. The number of rotatable bonds is 9. The SMILES string of the molecule is N=C(NC(NCc1ccccc1)c1ccc(-c2cccc(-c3ccc4c(c3)C3(C5=C4NCC=C5)c4ccccc4Oc4ccccc43)c2)cc1)c1ccc(-c2ccccc2)cc1. The van der Waals surface area contributed by atoms with Gasteiger partial charge in [0.1, 0.15) is 23.5 Å². The van der Waals surface area contributed by atoms with Gasteiger partial charge < -0.3 is 15.4 Å². The van der Waals surface area contributed by atoms with E-state index < -0.39 is 5.41 Å². The van der Waals surface area contributed by atoms with Crippen LogP contribution < -0.4 is 20.7 Å². The second kappa shape index (κ2) is 15.7. The van der Waals surface area contributed by atoms with E-state index in [1.54, 1.807) is 0 Å². The summed E-state index contributed by atoms with van der Waals surface area (Å²) in [4.78, 5) is 0. The van der Waals surface area contributed by atoms with Gasteiger partial charge >= 0.3 is 0 Å². The summed E-state index contributed by atoms with van der Waals surface area (Å²) in [6.45, 7) is 1.45. The lowest BCUT2D eigenvalue weighted by Gasteiger charge is -2.40. The maximum Gasteiger partial charge on any atom is 0.132 e. The molecule has 62 heavy (non-hydrogen) atoms. The molecule has 0 aromatic heterocycles. The zero-order valence-corrected chi connectivity index (χ0v) is 34.1. The van der Waals surface area contributed by atoms with Crippen LogP contribution in [0.2, 0.25) is 0 Å². The molecule has 0 fully saturated rings. The van der Waals surface area contributed by atoms with E-state index in [2.05, 4.69) is 192 Å². The number of amidine groups is 1. The molecule has 0 saturated heterocycles. The van der Waals surface area contributed by atoms with Gasteiger partial charge in [-0.25, -0.2) is 0 Å². The Balaban J connectivity index is 0.907. The number of hydrogen-bond acceptors (Lipinski definition) is 4. The summed E-state index contributed by atoms with van der Waals surface area (Å²) in [7, 11) is 0. The average Bonchev–Trinajstić information content (AvgIpc) is 3.63. The molecule has 1 unspecified atom stereocenters. The molecule has 11 rings (SSSR count). The van der Waals surface area contributed by atoms with Gasteiger partial charge in [0.15, 0.2) is 0 Å². The third-order valence-electron chi connectivity index (χ3n) is 12.5. The van der Waals surface area contributed by atoms with Crippen LogP contribution in [0, 0.1) is 5.41 Å². The van der Waals surface area contributed by atoms with Gasteiger partial charge in [-0.1, -0.05) is 188 Å². The minimum Gasteiger partial charge on any atom is -0.457 e. The van der Waals surface area contributed by atoms with Crippen molar-refractivity contribution in [2.75, 3.05) is 6.54 Å².